The molecule has 0 atom stereocenters. The maximum Gasteiger partial charge on any atom is 0.148 e. The van der Waals surface area contributed by atoms with E-state index >= 15 is 0 Å². The van der Waals surface area contributed by atoms with Gasteiger partial charge in [0.2, 0.25) is 0 Å². The van der Waals surface area contributed by atoms with Crippen molar-refractivity contribution in [3.05, 3.63) is 137 Å². The summed E-state index contributed by atoms with van der Waals surface area (Å²) >= 11 is 1.69. The molecule has 0 spiro atoms. The Hall–Kier alpha value is -4.48. The van der Waals surface area contributed by atoms with Gasteiger partial charge < -0.3 is 14.4 Å². The van der Waals surface area contributed by atoms with Gasteiger partial charge in [-0.3, -0.25) is 0 Å². The van der Waals surface area contributed by atoms with Crippen LogP contribution in [0.5, 0.6) is 0 Å². The van der Waals surface area contributed by atoms with E-state index in [9.17, 15) is 0 Å². The molecule has 6 heteroatoms. The van der Waals surface area contributed by atoms with Crippen molar-refractivity contribution in [1.29, 1.82) is 0 Å². The first-order valence-electron chi connectivity index (χ1n) is 16.2. The number of benzene rings is 4. The monoisotopic (exact) mass is 836 g/mol. The molecule has 0 unspecified atom stereocenters. The van der Waals surface area contributed by atoms with Crippen molar-refractivity contribution < 1.29 is 24.5 Å². The summed E-state index contributed by atoms with van der Waals surface area (Å²) in [5, 5.41) is 3.19. The van der Waals surface area contributed by atoms with Gasteiger partial charge in [-0.25, -0.2) is 4.98 Å². The topological polar surface area (TPSA) is 51.8 Å². The van der Waals surface area contributed by atoms with E-state index in [-0.39, 0.29) is 25.5 Å². The molecular formula is C43H37IrN3OS-2. The van der Waals surface area contributed by atoms with E-state index in [2.05, 4.69) is 100 Å². The van der Waals surface area contributed by atoms with E-state index in [1.807, 2.05) is 55.5 Å². The third-order valence-corrected chi connectivity index (χ3v) is 9.36. The maximum absolute atomic E-state index is 6.54. The summed E-state index contributed by atoms with van der Waals surface area (Å²) < 4.78 is 7.69. The first kappa shape index (κ1) is 34.4. The van der Waals surface area contributed by atoms with Gasteiger partial charge in [-0.15, -0.1) is 65.4 Å². The van der Waals surface area contributed by atoms with Crippen LogP contribution in [0.25, 0.3) is 65.8 Å². The van der Waals surface area contributed by atoms with Crippen molar-refractivity contribution in [1.82, 2.24) is 15.0 Å². The number of fused-ring (bicyclic) bond motifs is 5. The predicted molar refractivity (Wildman–Crippen MR) is 200 cm³/mol. The van der Waals surface area contributed by atoms with Gasteiger partial charge >= 0.3 is 0 Å². The zero-order valence-electron chi connectivity index (χ0n) is 28.5. The van der Waals surface area contributed by atoms with Crippen LogP contribution in [0.1, 0.15) is 42.5 Å². The Labute approximate surface area is 305 Å². The van der Waals surface area contributed by atoms with Crippen LogP contribution in [0.4, 0.5) is 0 Å². The molecule has 4 nitrogen and oxygen atoms in total. The molecule has 0 bridgehead atoms. The summed E-state index contributed by atoms with van der Waals surface area (Å²) in [5.41, 5.74) is 12.8. The van der Waals surface area contributed by atoms with Gasteiger partial charge in [0.1, 0.15) is 11.1 Å². The molecule has 247 valence electrons. The Morgan fingerprint density at radius 1 is 0.755 bits per heavy atom. The van der Waals surface area contributed by atoms with Crippen LogP contribution in [-0.4, -0.2) is 15.0 Å². The normalized spacial score (nSPS) is 11.4. The number of furan rings is 1. The zero-order valence-corrected chi connectivity index (χ0v) is 31.7. The Balaban J connectivity index is 0.000000270. The molecule has 8 rings (SSSR count). The summed E-state index contributed by atoms with van der Waals surface area (Å²) in [4.78, 5) is 13.9. The van der Waals surface area contributed by atoms with Gasteiger partial charge in [-0.05, 0) is 83.9 Å². The predicted octanol–water partition coefficient (Wildman–Crippen LogP) is 11.8. The standard InChI is InChI=1S/C32H29N2OS.C11H8N.Ir/c1-18-9-7-10-19(2)28(18)25-15-26(33-17-21(25)16-32(4,5)6)24-12-8-11-22-23-13-14-27-29(34-20(3)36-27)31(23)35-30(22)24;1-2-6-10(7-3-1)11-8-4-5-9-12-11;/h7-11,13-15,17H,16H2,1-6H3;1-6,8-9H;/q2*-1;. The quantitative estimate of drug-likeness (QED) is 0.166. The van der Waals surface area contributed by atoms with Crippen LogP contribution in [0.2, 0.25) is 0 Å². The number of aryl methyl sites for hydroxylation is 3. The van der Waals surface area contributed by atoms with E-state index in [1.165, 1.54) is 27.8 Å². The van der Waals surface area contributed by atoms with Gasteiger partial charge in [-0.2, -0.15) is 0 Å². The van der Waals surface area contributed by atoms with Crippen LogP contribution in [0, 0.1) is 38.3 Å². The molecule has 1 radical (unpaired) electrons. The minimum Gasteiger partial charge on any atom is -0.498 e. The number of hydrogen-bond acceptors (Lipinski definition) is 5. The average Bonchev–Trinajstić information content (AvgIpc) is 3.66. The number of pyridine rings is 2. The van der Waals surface area contributed by atoms with Gasteiger partial charge in [0, 0.05) is 37.9 Å². The van der Waals surface area contributed by atoms with E-state index in [0.29, 0.717) is 0 Å². The van der Waals surface area contributed by atoms with Crippen molar-refractivity contribution in [2.45, 2.75) is 48.0 Å². The Bertz CT molecular complexity index is 2330. The van der Waals surface area contributed by atoms with Gasteiger partial charge in [0.05, 0.1) is 15.3 Å². The Morgan fingerprint density at radius 2 is 1.53 bits per heavy atom. The number of thiazole rings is 1. The molecule has 0 aliphatic rings. The van der Waals surface area contributed by atoms with Crippen molar-refractivity contribution in [2.75, 3.05) is 0 Å². The fourth-order valence-corrected chi connectivity index (χ4v) is 7.20. The third kappa shape index (κ3) is 7.14. The molecule has 0 fully saturated rings. The fraction of sp³-hybridized carbons (Fsp3) is 0.186. The Morgan fingerprint density at radius 3 is 2.24 bits per heavy atom. The first-order valence-corrected chi connectivity index (χ1v) is 17.0. The maximum atomic E-state index is 6.54. The number of rotatable bonds is 4. The van der Waals surface area contributed by atoms with Crippen molar-refractivity contribution in [3.8, 4) is 33.6 Å². The molecule has 4 aromatic carbocycles. The second kappa shape index (κ2) is 14.2. The van der Waals surface area contributed by atoms with E-state index < -0.39 is 0 Å². The molecular weight excluding hydrogens is 799 g/mol. The SMILES string of the molecule is Cc1nc2c(ccc3c4cc[c-]c(-c5cc(-c6c(C)cccc6C)c(CC(C)(C)C)cn5)c4oc32)s1.[Ir].[c-]1ccccc1-c1ccccn1. The summed E-state index contributed by atoms with van der Waals surface area (Å²) in [7, 11) is 0. The molecule has 4 heterocycles. The van der Waals surface area contributed by atoms with Gasteiger partial charge in [-0.1, -0.05) is 74.2 Å². The minimum atomic E-state index is 0. The minimum absolute atomic E-state index is 0. The van der Waals surface area contributed by atoms with Crippen molar-refractivity contribution >= 4 is 43.5 Å². The van der Waals surface area contributed by atoms with Crippen LogP contribution in [-0.2, 0) is 26.5 Å². The van der Waals surface area contributed by atoms with Crippen LogP contribution < -0.4 is 0 Å². The van der Waals surface area contributed by atoms with Crippen LogP contribution in [0.15, 0.2) is 108 Å². The summed E-state index contributed by atoms with van der Waals surface area (Å²) in [5.74, 6) is 0. The van der Waals surface area contributed by atoms with Gasteiger partial charge in [0.25, 0.3) is 0 Å². The van der Waals surface area contributed by atoms with E-state index in [4.69, 9.17) is 14.4 Å². The van der Waals surface area contributed by atoms with E-state index in [0.717, 1.165) is 66.1 Å². The van der Waals surface area contributed by atoms with Crippen LogP contribution in [0.3, 0.4) is 0 Å². The van der Waals surface area contributed by atoms with E-state index in [1.54, 1.807) is 17.5 Å². The van der Waals surface area contributed by atoms with Crippen molar-refractivity contribution in [3.63, 3.8) is 0 Å². The number of nitrogens with zero attached hydrogens (tertiary/aromatic N) is 3. The summed E-state index contributed by atoms with van der Waals surface area (Å²) in [6, 6.07) is 37.4. The third-order valence-electron chi connectivity index (χ3n) is 8.43. The molecule has 0 N–H and O–H groups in total. The molecule has 0 saturated carbocycles. The van der Waals surface area contributed by atoms with Crippen LogP contribution >= 0.6 is 11.3 Å². The first-order chi connectivity index (χ1) is 23.2. The molecule has 0 aliphatic carbocycles. The fourth-order valence-electron chi connectivity index (χ4n) is 6.37. The smallest absolute Gasteiger partial charge is 0.148 e. The average molecular weight is 836 g/mol. The second-order valence-corrected chi connectivity index (χ2v) is 14.7. The molecule has 0 saturated heterocycles. The number of aromatic nitrogens is 3. The number of hydrogen-bond donors (Lipinski definition) is 0. The molecule has 0 aliphatic heterocycles. The summed E-state index contributed by atoms with van der Waals surface area (Å²) in [6.45, 7) is 13.3. The molecule has 49 heavy (non-hydrogen) atoms. The molecule has 0 amide bonds. The van der Waals surface area contributed by atoms with Gasteiger partial charge in [0.15, 0.2) is 0 Å². The molecule has 4 aromatic heterocycles. The van der Waals surface area contributed by atoms with Crippen molar-refractivity contribution in [2.24, 2.45) is 5.41 Å². The largest absolute Gasteiger partial charge is 0.498 e. The summed E-state index contributed by atoms with van der Waals surface area (Å²) in [6.07, 6.45) is 4.79. The Kier molecular flexibility index (Phi) is 9.94. The second-order valence-electron chi connectivity index (χ2n) is 13.4. The zero-order chi connectivity index (χ0) is 33.4. The molecule has 8 aromatic rings.